The fourth-order valence-corrected chi connectivity index (χ4v) is 4.26. The molecule has 0 spiro atoms. The molecule has 0 aromatic carbocycles. The number of nitrogens with zero attached hydrogens (tertiary/aromatic N) is 2. The van der Waals surface area contributed by atoms with Crippen LogP contribution in [-0.4, -0.2) is 42.3 Å². The number of halogens is 3. The summed E-state index contributed by atoms with van der Waals surface area (Å²) in [5.41, 5.74) is -0.850. The summed E-state index contributed by atoms with van der Waals surface area (Å²) < 4.78 is 45.1. The molecular formula is C21H22F3N3O4S. The van der Waals surface area contributed by atoms with Crippen LogP contribution in [0.5, 0.6) is 0 Å². The van der Waals surface area contributed by atoms with Crippen molar-refractivity contribution in [1.29, 1.82) is 0 Å². The Kier molecular flexibility index (Phi) is 7.49. The maximum absolute atomic E-state index is 13.3. The number of anilines is 1. The number of carbonyl (C=O) groups excluding carboxylic acids is 3. The first-order valence-electron chi connectivity index (χ1n) is 9.95. The number of hydrogen-bond acceptors (Lipinski definition) is 7. The number of aromatic nitrogens is 1. The number of thiophene rings is 1. The van der Waals surface area contributed by atoms with Crippen LogP contribution in [0.1, 0.15) is 39.9 Å². The van der Waals surface area contributed by atoms with Crippen LogP contribution in [0.15, 0.2) is 30.5 Å². The molecule has 0 saturated carbocycles. The Bertz CT molecular complexity index is 993. The molecule has 7 nitrogen and oxygen atoms in total. The lowest BCUT2D eigenvalue weighted by atomic mass is 9.97. The van der Waals surface area contributed by atoms with E-state index in [-0.39, 0.29) is 24.1 Å². The molecule has 2 aromatic rings. The van der Waals surface area contributed by atoms with E-state index < -0.39 is 30.2 Å². The minimum Gasteiger partial charge on any atom is -0.457 e. The van der Waals surface area contributed by atoms with Gasteiger partial charge in [-0.1, -0.05) is 0 Å². The van der Waals surface area contributed by atoms with E-state index in [4.69, 9.17) is 4.74 Å². The van der Waals surface area contributed by atoms with Crippen molar-refractivity contribution in [2.24, 2.45) is 5.92 Å². The molecular weight excluding hydrogens is 447 g/mol. The van der Waals surface area contributed by atoms with Gasteiger partial charge in [-0.2, -0.15) is 13.2 Å². The normalized spacial score (nSPS) is 16.5. The predicted molar refractivity (Wildman–Crippen MR) is 111 cm³/mol. The quantitative estimate of drug-likeness (QED) is 0.494. The van der Waals surface area contributed by atoms with Gasteiger partial charge in [0.1, 0.15) is 5.82 Å². The molecule has 172 valence electrons. The van der Waals surface area contributed by atoms with Crippen molar-refractivity contribution in [1.82, 2.24) is 10.3 Å². The third-order valence-corrected chi connectivity index (χ3v) is 6.07. The summed E-state index contributed by atoms with van der Waals surface area (Å²) in [6.07, 6.45) is -2.31. The zero-order chi connectivity index (χ0) is 23.3. The van der Waals surface area contributed by atoms with E-state index in [0.717, 1.165) is 10.9 Å². The van der Waals surface area contributed by atoms with Gasteiger partial charge in [-0.25, -0.2) is 4.98 Å². The second-order valence-electron chi connectivity index (χ2n) is 7.36. The van der Waals surface area contributed by atoms with E-state index in [2.05, 4.69) is 10.3 Å². The number of rotatable bonds is 7. The number of hydrogen-bond donors (Lipinski definition) is 1. The lowest BCUT2D eigenvalue weighted by Gasteiger charge is -2.33. The molecule has 1 atom stereocenters. The molecule has 1 saturated heterocycles. The molecule has 2 aromatic heterocycles. The molecule has 0 bridgehead atoms. The zero-order valence-corrected chi connectivity index (χ0v) is 18.1. The standard InChI is InChI=1S/C21H22F3N3O4S/c1-13(28)26-10-15-6-7-18(32-15)17(29)12-31-20(30)14-4-3-9-27(11-14)19-16(21(22,23)24)5-2-8-25-19/h2,5-8,14H,3-4,9-12H2,1H3,(H,26,28). The monoisotopic (exact) mass is 469 g/mol. The Labute approximate surface area is 186 Å². The Hall–Kier alpha value is -2.95. The highest BCUT2D eigenvalue weighted by molar-refractivity contribution is 7.14. The van der Waals surface area contributed by atoms with Crippen molar-refractivity contribution in [3.8, 4) is 0 Å². The first-order valence-corrected chi connectivity index (χ1v) is 10.8. The summed E-state index contributed by atoms with van der Waals surface area (Å²) in [5.74, 6) is -2.05. The summed E-state index contributed by atoms with van der Waals surface area (Å²) >= 11 is 1.19. The van der Waals surface area contributed by atoms with Gasteiger partial charge < -0.3 is 15.0 Å². The minimum absolute atomic E-state index is 0.0347. The minimum atomic E-state index is -4.55. The molecule has 1 amide bonds. The molecule has 0 radical (unpaired) electrons. The van der Waals surface area contributed by atoms with Crippen molar-refractivity contribution in [3.05, 3.63) is 45.8 Å². The van der Waals surface area contributed by atoms with E-state index in [1.165, 1.54) is 35.4 Å². The van der Waals surface area contributed by atoms with E-state index in [1.807, 2.05) is 0 Å². The molecule has 0 aliphatic carbocycles. The van der Waals surface area contributed by atoms with Crippen LogP contribution in [0, 0.1) is 5.92 Å². The van der Waals surface area contributed by atoms with Crippen LogP contribution in [0.25, 0.3) is 0 Å². The summed E-state index contributed by atoms with van der Waals surface area (Å²) in [6.45, 7) is 1.62. The molecule has 1 unspecified atom stereocenters. The first kappa shape index (κ1) is 23.7. The fourth-order valence-electron chi connectivity index (χ4n) is 3.39. The van der Waals surface area contributed by atoms with Crippen molar-refractivity contribution in [2.45, 2.75) is 32.5 Å². The Balaban J connectivity index is 1.57. The molecule has 11 heteroatoms. The molecule has 3 rings (SSSR count). The molecule has 32 heavy (non-hydrogen) atoms. The van der Waals surface area contributed by atoms with Gasteiger partial charge in [0.05, 0.1) is 22.9 Å². The number of carbonyl (C=O) groups is 3. The van der Waals surface area contributed by atoms with Crippen LogP contribution in [-0.2, 0) is 27.0 Å². The van der Waals surface area contributed by atoms with E-state index in [0.29, 0.717) is 30.8 Å². The number of amides is 1. The van der Waals surface area contributed by atoms with Crippen LogP contribution in [0.4, 0.5) is 19.0 Å². The molecule has 3 heterocycles. The number of pyridine rings is 1. The number of nitrogens with one attached hydrogen (secondary N) is 1. The number of ether oxygens (including phenoxy) is 1. The smallest absolute Gasteiger partial charge is 0.419 e. The maximum Gasteiger partial charge on any atom is 0.419 e. The average molecular weight is 469 g/mol. The summed E-state index contributed by atoms with van der Waals surface area (Å²) in [6, 6.07) is 5.49. The largest absolute Gasteiger partial charge is 0.457 e. The lowest BCUT2D eigenvalue weighted by molar-refractivity contribution is -0.147. The third-order valence-electron chi connectivity index (χ3n) is 4.94. The second kappa shape index (κ2) is 10.1. The van der Waals surface area contributed by atoms with Gasteiger partial charge in [0, 0.05) is 31.1 Å². The third kappa shape index (κ3) is 6.06. The Morgan fingerprint density at radius 1 is 1.28 bits per heavy atom. The highest BCUT2D eigenvalue weighted by Gasteiger charge is 2.37. The van der Waals surface area contributed by atoms with Gasteiger partial charge >= 0.3 is 12.1 Å². The Morgan fingerprint density at radius 2 is 2.06 bits per heavy atom. The first-order chi connectivity index (χ1) is 15.1. The number of alkyl halides is 3. The number of esters is 1. The summed E-state index contributed by atoms with van der Waals surface area (Å²) in [4.78, 5) is 42.3. The van der Waals surface area contributed by atoms with Gasteiger partial charge in [0.15, 0.2) is 6.61 Å². The van der Waals surface area contributed by atoms with Crippen molar-refractivity contribution in [2.75, 3.05) is 24.6 Å². The van der Waals surface area contributed by atoms with E-state index in [9.17, 15) is 27.6 Å². The van der Waals surface area contributed by atoms with Crippen LogP contribution < -0.4 is 10.2 Å². The topological polar surface area (TPSA) is 88.6 Å². The fraction of sp³-hybridized carbons (Fsp3) is 0.429. The average Bonchev–Trinajstić information content (AvgIpc) is 3.24. The van der Waals surface area contributed by atoms with Crippen molar-refractivity contribution >= 4 is 34.8 Å². The molecule has 1 N–H and O–H groups in total. The van der Waals surface area contributed by atoms with Crippen molar-refractivity contribution in [3.63, 3.8) is 0 Å². The zero-order valence-electron chi connectivity index (χ0n) is 17.3. The predicted octanol–water partition coefficient (Wildman–Crippen LogP) is 3.44. The highest BCUT2D eigenvalue weighted by Crippen LogP contribution is 2.36. The second-order valence-corrected chi connectivity index (χ2v) is 8.53. The Morgan fingerprint density at radius 3 is 2.78 bits per heavy atom. The van der Waals surface area contributed by atoms with Crippen LogP contribution in [0.3, 0.4) is 0 Å². The molecule has 1 aliphatic rings. The van der Waals surface area contributed by atoms with Gasteiger partial charge in [-0.3, -0.25) is 14.4 Å². The number of ketones is 1. The molecule has 1 fully saturated rings. The van der Waals surface area contributed by atoms with E-state index in [1.54, 1.807) is 12.1 Å². The summed E-state index contributed by atoms with van der Waals surface area (Å²) in [7, 11) is 0. The van der Waals surface area contributed by atoms with Gasteiger partial charge in [0.25, 0.3) is 0 Å². The maximum atomic E-state index is 13.3. The lowest BCUT2D eigenvalue weighted by Crippen LogP contribution is -2.41. The molecule has 1 aliphatic heterocycles. The van der Waals surface area contributed by atoms with E-state index >= 15 is 0 Å². The highest BCUT2D eigenvalue weighted by atomic mass is 32.1. The SMILES string of the molecule is CC(=O)NCc1ccc(C(=O)COC(=O)C2CCCN(c3ncccc3C(F)(F)F)C2)s1. The summed E-state index contributed by atoms with van der Waals surface area (Å²) in [5, 5.41) is 2.63. The number of Topliss-reactive ketones (excluding diaryl/α,β-unsaturated/α-hetero) is 1. The number of piperidine rings is 1. The van der Waals surface area contributed by atoms with Crippen molar-refractivity contribution < 1.29 is 32.3 Å². The van der Waals surface area contributed by atoms with Crippen LogP contribution in [0.2, 0.25) is 0 Å². The van der Waals surface area contributed by atoms with Gasteiger partial charge in [0.2, 0.25) is 11.7 Å². The van der Waals surface area contributed by atoms with Crippen LogP contribution >= 0.6 is 11.3 Å². The van der Waals surface area contributed by atoms with Gasteiger partial charge in [-0.15, -0.1) is 11.3 Å². The van der Waals surface area contributed by atoms with Gasteiger partial charge in [-0.05, 0) is 37.1 Å².